The lowest BCUT2D eigenvalue weighted by Crippen LogP contribution is -2.31. The fourth-order valence-corrected chi connectivity index (χ4v) is 3.04. The lowest BCUT2D eigenvalue weighted by Gasteiger charge is -2.28. The maximum Gasteiger partial charge on any atom is 0.317 e. The first-order valence-electron chi connectivity index (χ1n) is 8.89. The summed E-state index contributed by atoms with van der Waals surface area (Å²) < 4.78 is 10.7. The highest BCUT2D eigenvalue weighted by molar-refractivity contribution is 5.94. The number of benzene rings is 1. The van der Waals surface area contributed by atoms with Crippen molar-refractivity contribution in [3.05, 3.63) is 41.7 Å². The van der Waals surface area contributed by atoms with E-state index in [9.17, 15) is 14.7 Å². The van der Waals surface area contributed by atoms with Crippen LogP contribution in [-0.2, 0) is 14.3 Å². The number of hydrogen-bond donors (Lipinski definition) is 1. The summed E-state index contributed by atoms with van der Waals surface area (Å²) in [7, 11) is 0. The third-order valence-electron chi connectivity index (χ3n) is 4.32. The Bertz CT molecular complexity index is 617. The maximum absolute atomic E-state index is 12.2. The van der Waals surface area contributed by atoms with Crippen LogP contribution in [0.4, 0.5) is 0 Å². The SMILES string of the molecule is CCCCCOc1ccc([C@H]2CC(=O)C=C(O)[C@H]2C(=O)OCC)cc1. The van der Waals surface area contributed by atoms with Crippen LogP contribution in [0.15, 0.2) is 36.1 Å². The monoisotopic (exact) mass is 346 g/mol. The molecule has 1 aliphatic carbocycles. The van der Waals surface area contributed by atoms with E-state index in [1.165, 1.54) is 0 Å². The molecule has 0 aliphatic heterocycles. The van der Waals surface area contributed by atoms with Gasteiger partial charge in [-0.05, 0) is 31.0 Å². The van der Waals surface area contributed by atoms with E-state index in [-0.39, 0.29) is 24.6 Å². The molecular weight excluding hydrogens is 320 g/mol. The summed E-state index contributed by atoms with van der Waals surface area (Å²) in [6, 6.07) is 7.36. The molecular formula is C20H26O5. The largest absolute Gasteiger partial charge is 0.511 e. The molecule has 5 nitrogen and oxygen atoms in total. The van der Waals surface area contributed by atoms with Gasteiger partial charge in [-0.3, -0.25) is 9.59 Å². The quantitative estimate of drug-likeness (QED) is 0.570. The zero-order valence-corrected chi connectivity index (χ0v) is 14.9. The van der Waals surface area contributed by atoms with Crippen molar-refractivity contribution in [1.82, 2.24) is 0 Å². The van der Waals surface area contributed by atoms with Crippen LogP contribution in [0.2, 0.25) is 0 Å². The molecule has 0 spiro atoms. The average Bonchev–Trinajstić information content (AvgIpc) is 2.59. The van der Waals surface area contributed by atoms with Gasteiger partial charge >= 0.3 is 5.97 Å². The molecule has 0 fully saturated rings. The second-order valence-electron chi connectivity index (χ2n) is 6.20. The third-order valence-corrected chi connectivity index (χ3v) is 4.32. The van der Waals surface area contributed by atoms with Gasteiger partial charge in [0.15, 0.2) is 5.78 Å². The number of esters is 1. The molecule has 25 heavy (non-hydrogen) atoms. The number of ketones is 1. The maximum atomic E-state index is 12.2. The van der Waals surface area contributed by atoms with Gasteiger partial charge in [0.1, 0.15) is 17.4 Å². The molecule has 0 heterocycles. The van der Waals surface area contributed by atoms with Crippen LogP contribution in [-0.4, -0.2) is 30.1 Å². The van der Waals surface area contributed by atoms with E-state index in [0.717, 1.165) is 36.7 Å². The van der Waals surface area contributed by atoms with Crippen molar-refractivity contribution in [3.63, 3.8) is 0 Å². The van der Waals surface area contributed by atoms with Crippen molar-refractivity contribution in [3.8, 4) is 5.75 Å². The summed E-state index contributed by atoms with van der Waals surface area (Å²) in [6.07, 6.45) is 4.59. The number of carbonyl (C=O) groups is 2. The van der Waals surface area contributed by atoms with Crippen molar-refractivity contribution in [2.24, 2.45) is 5.92 Å². The van der Waals surface area contributed by atoms with Gasteiger partial charge in [-0.2, -0.15) is 0 Å². The van der Waals surface area contributed by atoms with Crippen molar-refractivity contribution in [1.29, 1.82) is 0 Å². The first-order valence-corrected chi connectivity index (χ1v) is 8.89. The fraction of sp³-hybridized carbons (Fsp3) is 0.500. The van der Waals surface area contributed by atoms with Gasteiger partial charge in [0.2, 0.25) is 0 Å². The Hall–Kier alpha value is -2.30. The van der Waals surface area contributed by atoms with Crippen LogP contribution in [0, 0.1) is 5.92 Å². The molecule has 0 saturated carbocycles. The van der Waals surface area contributed by atoms with Crippen molar-refractivity contribution >= 4 is 11.8 Å². The number of hydrogen-bond acceptors (Lipinski definition) is 5. The first-order chi connectivity index (χ1) is 12.1. The number of aliphatic hydroxyl groups excluding tert-OH is 1. The van der Waals surface area contributed by atoms with E-state index in [1.807, 2.05) is 24.3 Å². The van der Waals surface area contributed by atoms with Crippen LogP contribution >= 0.6 is 0 Å². The van der Waals surface area contributed by atoms with Gasteiger partial charge in [-0.1, -0.05) is 31.9 Å². The molecule has 0 bridgehead atoms. The van der Waals surface area contributed by atoms with Crippen molar-refractivity contribution < 1.29 is 24.2 Å². The van der Waals surface area contributed by atoms with E-state index in [4.69, 9.17) is 9.47 Å². The second kappa shape index (κ2) is 9.25. The Morgan fingerprint density at radius 3 is 2.56 bits per heavy atom. The average molecular weight is 346 g/mol. The Morgan fingerprint density at radius 2 is 1.92 bits per heavy atom. The fourth-order valence-electron chi connectivity index (χ4n) is 3.04. The molecule has 0 amide bonds. The number of allylic oxidation sites excluding steroid dienone is 1. The molecule has 2 rings (SSSR count). The molecule has 0 unspecified atom stereocenters. The van der Waals surface area contributed by atoms with Gasteiger partial charge in [0.05, 0.1) is 13.2 Å². The van der Waals surface area contributed by atoms with Crippen LogP contribution in [0.1, 0.15) is 51.0 Å². The Labute approximate surface area is 148 Å². The zero-order valence-electron chi connectivity index (χ0n) is 14.9. The minimum Gasteiger partial charge on any atom is -0.511 e. The Balaban J connectivity index is 2.12. The highest BCUT2D eigenvalue weighted by Crippen LogP contribution is 2.37. The highest BCUT2D eigenvalue weighted by atomic mass is 16.5. The number of unbranched alkanes of at least 4 members (excludes halogenated alkanes) is 2. The molecule has 0 radical (unpaired) electrons. The molecule has 136 valence electrons. The standard InChI is InChI=1S/C20H26O5/c1-3-5-6-11-25-16-9-7-14(8-10-16)17-12-15(21)13-18(22)19(17)20(23)24-4-2/h7-10,13,17,19,22H,3-6,11-12H2,1-2H3/t17-,19+/m1/s1. The second-order valence-corrected chi connectivity index (χ2v) is 6.20. The summed E-state index contributed by atoms with van der Waals surface area (Å²) in [6.45, 7) is 4.76. The van der Waals surface area contributed by atoms with E-state index >= 15 is 0 Å². The first kappa shape index (κ1) is 19.0. The highest BCUT2D eigenvalue weighted by Gasteiger charge is 2.38. The van der Waals surface area contributed by atoms with Crippen molar-refractivity contribution in [2.75, 3.05) is 13.2 Å². The molecule has 1 aliphatic rings. The summed E-state index contributed by atoms with van der Waals surface area (Å²) in [5.74, 6) is -1.43. The minimum absolute atomic E-state index is 0.171. The topological polar surface area (TPSA) is 72.8 Å². The minimum atomic E-state index is -0.839. The predicted molar refractivity (Wildman–Crippen MR) is 94.7 cm³/mol. The summed E-state index contributed by atoms with van der Waals surface area (Å²) in [4.78, 5) is 24.0. The van der Waals surface area contributed by atoms with E-state index in [0.29, 0.717) is 6.61 Å². The van der Waals surface area contributed by atoms with E-state index < -0.39 is 17.8 Å². The summed E-state index contributed by atoms with van der Waals surface area (Å²) >= 11 is 0. The lowest BCUT2D eigenvalue weighted by atomic mass is 9.77. The molecule has 5 heteroatoms. The molecule has 2 atom stereocenters. The van der Waals surface area contributed by atoms with Gasteiger partial charge in [-0.15, -0.1) is 0 Å². The number of carbonyl (C=O) groups excluding carboxylic acids is 2. The molecule has 1 aromatic rings. The normalized spacial score (nSPS) is 20.1. The zero-order chi connectivity index (χ0) is 18.2. The molecule has 0 aromatic heterocycles. The molecule has 1 N–H and O–H groups in total. The molecule has 1 aromatic carbocycles. The van der Waals surface area contributed by atoms with Crippen LogP contribution < -0.4 is 4.74 Å². The third kappa shape index (κ3) is 5.08. The number of ether oxygens (including phenoxy) is 2. The van der Waals surface area contributed by atoms with Crippen LogP contribution in [0.3, 0.4) is 0 Å². The number of rotatable bonds is 8. The Kier molecular flexibility index (Phi) is 7.04. The number of aliphatic hydroxyl groups is 1. The summed E-state index contributed by atoms with van der Waals surface area (Å²) in [5.41, 5.74) is 0.812. The predicted octanol–water partition coefficient (Wildman–Crippen LogP) is 3.93. The Morgan fingerprint density at radius 1 is 1.20 bits per heavy atom. The summed E-state index contributed by atoms with van der Waals surface area (Å²) in [5, 5.41) is 10.1. The van der Waals surface area contributed by atoms with E-state index in [2.05, 4.69) is 6.92 Å². The van der Waals surface area contributed by atoms with E-state index in [1.54, 1.807) is 6.92 Å². The smallest absolute Gasteiger partial charge is 0.317 e. The van der Waals surface area contributed by atoms with Crippen molar-refractivity contribution in [2.45, 2.75) is 45.4 Å². The lowest BCUT2D eigenvalue weighted by molar-refractivity contribution is -0.148. The van der Waals surface area contributed by atoms with Gasteiger partial charge in [-0.25, -0.2) is 0 Å². The molecule has 0 saturated heterocycles. The van der Waals surface area contributed by atoms with Gasteiger partial charge in [0, 0.05) is 18.4 Å². The van der Waals surface area contributed by atoms with Crippen LogP contribution in [0.5, 0.6) is 5.75 Å². The van der Waals surface area contributed by atoms with Gasteiger partial charge in [0.25, 0.3) is 0 Å². The van der Waals surface area contributed by atoms with Crippen LogP contribution in [0.25, 0.3) is 0 Å². The van der Waals surface area contributed by atoms with Gasteiger partial charge < -0.3 is 14.6 Å².